The predicted molar refractivity (Wildman–Crippen MR) is 93.9 cm³/mol. The third-order valence-electron chi connectivity index (χ3n) is 4.74. The third-order valence-corrected chi connectivity index (χ3v) is 4.74. The summed E-state index contributed by atoms with van der Waals surface area (Å²) in [6.07, 6.45) is -1.44. The van der Waals surface area contributed by atoms with Gasteiger partial charge in [-0.25, -0.2) is 0 Å². The highest BCUT2D eigenvalue weighted by Gasteiger charge is 2.34. The summed E-state index contributed by atoms with van der Waals surface area (Å²) in [7, 11) is 0. The first-order chi connectivity index (χ1) is 13.4. The molecule has 1 fully saturated rings. The number of likely N-dealkylation sites (N-methyl/N-ethyl adjacent to an activating group) is 1. The zero-order chi connectivity index (χ0) is 20.3. The van der Waals surface area contributed by atoms with Crippen LogP contribution < -0.4 is 5.32 Å². The van der Waals surface area contributed by atoms with Gasteiger partial charge in [0.05, 0.1) is 6.54 Å². The van der Waals surface area contributed by atoms with Gasteiger partial charge in [0, 0.05) is 23.2 Å². The predicted octanol–water partition coefficient (Wildman–Crippen LogP) is 2.34. The van der Waals surface area contributed by atoms with Gasteiger partial charge in [0.2, 0.25) is 5.82 Å². The summed E-state index contributed by atoms with van der Waals surface area (Å²) in [4.78, 5) is 28.7. The third kappa shape index (κ3) is 4.50. The number of alkyl halides is 2. The number of aliphatic carboxylic acids is 1. The normalized spacial score (nSPS) is 18.9. The maximum Gasteiger partial charge on any atom is 0.317 e. The minimum Gasteiger partial charge on any atom is -0.480 e. The molecule has 10 heteroatoms. The molecule has 1 aliphatic carbocycles. The fraction of sp³-hybridized carbons (Fsp3) is 0.444. The van der Waals surface area contributed by atoms with Gasteiger partial charge in [-0.3, -0.25) is 14.5 Å². The molecule has 1 heterocycles. The molecule has 150 valence electrons. The Morgan fingerprint density at radius 1 is 1.32 bits per heavy atom. The van der Waals surface area contributed by atoms with E-state index in [0.717, 1.165) is 0 Å². The van der Waals surface area contributed by atoms with E-state index in [-0.39, 0.29) is 30.4 Å². The van der Waals surface area contributed by atoms with Crippen LogP contribution in [-0.2, 0) is 4.79 Å². The highest BCUT2D eigenvalue weighted by Crippen LogP contribution is 2.26. The zero-order valence-corrected chi connectivity index (χ0v) is 15.1. The number of carboxylic acids is 1. The molecule has 3 rings (SSSR count). The van der Waals surface area contributed by atoms with Gasteiger partial charge in [-0.1, -0.05) is 24.2 Å². The quantitative estimate of drug-likeness (QED) is 0.707. The molecule has 1 aromatic heterocycles. The van der Waals surface area contributed by atoms with Crippen LogP contribution in [0.4, 0.5) is 8.78 Å². The molecule has 0 spiro atoms. The van der Waals surface area contributed by atoms with Crippen molar-refractivity contribution in [3.05, 3.63) is 35.7 Å². The van der Waals surface area contributed by atoms with Crippen LogP contribution in [0.15, 0.2) is 28.8 Å². The SMILES string of the molecule is CCN(CC(=O)O)C1CC(NC(=O)c2ccc(-c3noc(C(F)F)n3)cc2)C1. The van der Waals surface area contributed by atoms with Crippen molar-refractivity contribution in [2.24, 2.45) is 0 Å². The lowest BCUT2D eigenvalue weighted by molar-refractivity contribution is -0.139. The molecule has 28 heavy (non-hydrogen) atoms. The van der Waals surface area contributed by atoms with Crippen LogP contribution in [0.5, 0.6) is 0 Å². The molecule has 8 nitrogen and oxygen atoms in total. The van der Waals surface area contributed by atoms with E-state index in [2.05, 4.69) is 20.0 Å². The van der Waals surface area contributed by atoms with Crippen LogP contribution in [-0.4, -0.2) is 57.2 Å². The van der Waals surface area contributed by atoms with Crippen molar-refractivity contribution in [1.82, 2.24) is 20.4 Å². The number of amides is 1. The molecule has 0 aliphatic heterocycles. The van der Waals surface area contributed by atoms with Gasteiger partial charge in [0.25, 0.3) is 11.8 Å². The van der Waals surface area contributed by atoms with E-state index in [0.29, 0.717) is 30.5 Å². The fourth-order valence-electron chi connectivity index (χ4n) is 3.16. The Hall–Kier alpha value is -2.88. The fourth-order valence-corrected chi connectivity index (χ4v) is 3.16. The number of hydrogen-bond acceptors (Lipinski definition) is 6. The first kappa shape index (κ1) is 19.9. The van der Waals surface area contributed by atoms with Gasteiger partial charge in [-0.05, 0) is 31.5 Å². The van der Waals surface area contributed by atoms with Crippen molar-refractivity contribution in [3.63, 3.8) is 0 Å². The van der Waals surface area contributed by atoms with Gasteiger partial charge >= 0.3 is 12.4 Å². The van der Waals surface area contributed by atoms with Gasteiger partial charge < -0.3 is 14.9 Å². The number of aromatic nitrogens is 2. The standard InChI is InChI=1S/C18H20F2N4O4/c1-2-24(9-14(25)26)13-7-12(8-13)21-17(27)11-5-3-10(4-6-11)16-22-18(15(19)20)28-23-16/h3-6,12-13,15H,2,7-9H2,1H3,(H,21,27)(H,25,26). The highest BCUT2D eigenvalue weighted by molar-refractivity contribution is 5.94. The molecule has 1 saturated carbocycles. The Balaban J connectivity index is 1.53. The molecule has 1 aliphatic rings. The zero-order valence-electron chi connectivity index (χ0n) is 15.1. The molecule has 1 aromatic carbocycles. The summed E-state index contributed by atoms with van der Waals surface area (Å²) < 4.78 is 29.5. The summed E-state index contributed by atoms with van der Waals surface area (Å²) in [5.74, 6) is -1.84. The number of carboxylic acid groups (broad SMARTS) is 1. The number of nitrogens with zero attached hydrogens (tertiary/aromatic N) is 3. The van der Waals surface area contributed by atoms with E-state index >= 15 is 0 Å². The second-order valence-corrected chi connectivity index (χ2v) is 6.59. The van der Waals surface area contributed by atoms with E-state index in [1.54, 1.807) is 24.3 Å². The maximum atomic E-state index is 12.5. The van der Waals surface area contributed by atoms with Crippen molar-refractivity contribution in [3.8, 4) is 11.4 Å². The Morgan fingerprint density at radius 2 is 2.00 bits per heavy atom. The van der Waals surface area contributed by atoms with E-state index in [1.807, 2.05) is 11.8 Å². The van der Waals surface area contributed by atoms with Crippen LogP contribution >= 0.6 is 0 Å². The van der Waals surface area contributed by atoms with Gasteiger partial charge in [-0.2, -0.15) is 13.8 Å². The lowest BCUT2D eigenvalue weighted by Gasteiger charge is -2.42. The number of rotatable bonds is 8. The molecule has 2 aromatic rings. The second-order valence-electron chi connectivity index (χ2n) is 6.59. The summed E-state index contributed by atoms with van der Waals surface area (Å²) in [5, 5.41) is 15.3. The van der Waals surface area contributed by atoms with Crippen molar-refractivity contribution in [1.29, 1.82) is 0 Å². The molecule has 0 radical (unpaired) electrons. The summed E-state index contributed by atoms with van der Waals surface area (Å²) in [6.45, 7) is 2.54. The van der Waals surface area contributed by atoms with Crippen LogP contribution in [0.1, 0.15) is 42.4 Å². The van der Waals surface area contributed by atoms with Crippen molar-refractivity contribution < 1.29 is 28.0 Å². The number of carbonyl (C=O) groups is 2. The van der Waals surface area contributed by atoms with E-state index in [4.69, 9.17) is 5.11 Å². The van der Waals surface area contributed by atoms with Crippen molar-refractivity contribution in [2.75, 3.05) is 13.1 Å². The Kier molecular flexibility index (Phi) is 5.98. The van der Waals surface area contributed by atoms with Gasteiger partial charge in [-0.15, -0.1) is 0 Å². The van der Waals surface area contributed by atoms with Gasteiger partial charge in [0.15, 0.2) is 0 Å². The molecule has 1 amide bonds. The van der Waals surface area contributed by atoms with Crippen molar-refractivity contribution >= 4 is 11.9 Å². The van der Waals surface area contributed by atoms with Crippen LogP contribution in [0.25, 0.3) is 11.4 Å². The number of carbonyl (C=O) groups excluding carboxylic acids is 1. The Morgan fingerprint density at radius 3 is 2.54 bits per heavy atom. The maximum absolute atomic E-state index is 12.5. The van der Waals surface area contributed by atoms with Crippen LogP contribution in [0.2, 0.25) is 0 Å². The molecule has 0 atom stereocenters. The monoisotopic (exact) mass is 394 g/mol. The summed E-state index contributed by atoms with van der Waals surface area (Å²) >= 11 is 0. The number of nitrogens with one attached hydrogen (secondary N) is 1. The van der Waals surface area contributed by atoms with Crippen LogP contribution in [0.3, 0.4) is 0 Å². The van der Waals surface area contributed by atoms with E-state index in [9.17, 15) is 18.4 Å². The lowest BCUT2D eigenvalue weighted by atomic mass is 9.85. The Labute approximate surface area is 159 Å². The van der Waals surface area contributed by atoms with Crippen LogP contribution in [0, 0.1) is 0 Å². The molecular formula is C18H20F2N4O4. The van der Waals surface area contributed by atoms with Gasteiger partial charge in [0.1, 0.15) is 0 Å². The smallest absolute Gasteiger partial charge is 0.317 e. The lowest BCUT2D eigenvalue weighted by Crippen LogP contribution is -2.54. The largest absolute Gasteiger partial charge is 0.480 e. The number of hydrogen-bond donors (Lipinski definition) is 2. The first-order valence-electron chi connectivity index (χ1n) is 8.86. The molecule has 0 saturated heterocycles. The average Bonchev–Trinajstić information content (AvgIpc) is 3.13. The number of benzene rings is 1. The molecule has 0 bridgehead atoms. The minimum absolute atomic E-state index is 0.00729. The van der Waals surface area contributed by atoms with E-state index < -0.39 is 18.3 Å². The molecule has 2 N–H and O–H groups in total. The van der Waals surface area contributed by atoms with E-state index in [1.165, 1.54) is 0 Å². The van der Waals surface area contributed by atoms with Crippen molar-refractivity contribution in [2.45, 2.75) is 38.3 Å². The topological polar surface area (TPSA) is 109 Å². The number of halogens is 2. The highest BCUT2D eigenvalue weighted by atomic mass is 19.3. The Bertz CT molecular complexity index is 834. The minimum atomic E-state index is -2.84. The molecular weight excluding hydrogens is 374 g/mol. The average molecular weight is 394 g/mol. The summed E-state index contributed by atoms with van der Waals surface area (Å²) in [5.41, 5.74) is 0.880. The molecule has 0 unspecified atom stereocenters. The first-order valence-corrected chi connectivity index (χ1v) is 8.86. The summed E-state index contributed by atoms with van der Waals surface area (Å²) in [6, 6.07) is 6.38. The second kappa shape index (κ2) is 8.42.